The van der Waals surface area contributed by atoms with E-state index in [1.54, 1.807) is 0 Å². The first kappa shape index (κ1) is 15.0. The molecule has 4 unspecified atom stereocenters. The maximum atomic E-state index is 2.45. The van der Waals surface area contributed by atoms with Gasteiger partial charge in [0.1, 0.15) is 0 Å². The number of rotatable bonds is 5. The Morgan fingerprint density at radius 2 is 1.89 bits per heavy atom. The average Bonchev–Trinajstić information content (AvgIpc) is 2.39. The summed E-state index contributed by atoms with van der Waals surface area (Å²) in [6, 6.07) is 11.0. The Bertz CT molecular complexity index is 357. The van der Waals surface area contributed by atoms with Crippen molar-refractivity contribution in [2.24, 2.45) is 23.7 Å². The van der Waals surface area contributed by atoms with Gasteiger partial charge in [-0.1, -0.05) is 57.5 Å². The second-order valence-electron chi connectivity index (χ2n) is 6.70. The fraction of sp³-hybridized carbons (Fsp3) is 0.667. The van der Waals surface area contributed by atoms with E-state index in [1.165, 1.54) is 37.1 Å². The summed E-state index contributed by atoms with van der Waals surface area (Å²) in [6.45, 7) is 7.30. The van der Waals surface area contributed by atoms with Gasteiger partial charge < -0.3 is 0 Å². The molecule has 1 fully saturated rings. The molecule has 0 aliphatic heterocycles. The Labute approximate surface area is 121 Å². The average molecular weight is 276 g/mol. The molecular formula is C18H29P. The summed E-state index contributed by atoms with van der Waals surface area (Å²) in [5.41, 5.74) is 1.52. The van der Waals surface area contributed by atoms with Crippen molar-refractivity contribution in [3.63, 3.8) is 0 Å². The van der Waals surface area contributed by atoms with E-state index in [-0.39, 0.29) is 0 Å². The maximum absolute atomic E-state index is 2.45. The van der Waals surface area contributed by atoms with Crippen molar-refractivity contribution in [3.8, 4) is 0 Å². The summed E-state index contributed by atoms with van der Waals surface area (Å²) in [7, 11) is 1.11. The first-order chi connectivity index (χ1) is 9.16. The lowest BCUT2D eigenvalue weighted by Crippen LogP contribution is -2.29. The highest BCUT2D eigenvalue weighted by Crippen LogP contribution is 2.41. The van der Waals surface area contributed by atoms with E-state index in [0.29, 0.717) is 0 Å². The summed E-state index contributed by atoms with van der Waals surface area (Å²) in [6.07, 6.45) is 7.16. The number of hydrogen-bond donors (Lipinski definition) is 0. The van der Waals surface area contributed by atoms with Gasteiger partial charge in [0, 0.05) is 0 Å². The summed E-state index contributed by atoms with van der Waals surface area (Å²) in [5, 5.41) is 0. The van der Waals surface area contributed by atoms with Crippen molar-refractivity contribution in [2.45, 2.75) is 46.2 Å². The van der Waals surface area contributed by atoms with Gasteiger partial charge in [-0.15, -0.1) is 8.58 Å². The molecule has 1 aromatic carbocycles. The zero-order valence-electron chi connectivity index (χ0n) is 12.7. The molecule has 0 N–H and O–H groups in total. The minimum atomic E-state index is 0.874. The van der Waals surface area contributed by atoms with Crippen molar-refractivity contribution >= 4 is 8.58 Å². The molecule has 1 heteroatoms. The Kier molecular flexibility index (Phi) is 5.89. The predicted octanol–water partition coefficient (Wildman–Crippen LogP) is 5.57. The summed E-state index contributed by atoms with van der Waals surface area (Å²) in [5.74, 6) is 3.81. The molecule has 19 heavy (non-hydrogen) atoms. The first-order valence-corrected chi connectivity index (χ1v) is 9.33. The second kappa shape index (κ2) is 7.44. The van der Waals surface area contributed by atoms with Gasteiger partial charge in [0.2, 0.25) is 0 Å². The molecule has 1 aromatic rings. The lowest BCUT2D eigenvalue weighted by atomic mass is 9.71. The molecule has 0 saturated heterocycles. The van der Waals surface area contributed by atoms with Crippen molar-refractivity contribution in [1.82, 2.24) is 0 Å². The van der Waals surface area contributed by atoms with Gasteiger partial charge in [-0.2, -0.15) is 0 Å². The third-order valence-corrected chi connectivity index (χ3v) is 6.21. The van der Waals surface area contributed by atoms with Crippen LogP contribution in [0.2, 0.25) is 0 Å². The third-order valence-electron chi connectivity index (χ3n) is 4.74. The highest BCUT2D eigenvalue weighted by molar-refractivity contribution is 7.37. The number of benzene rings is 1. The van der Waals surface area contributed by atoms with E-state index in [2.05, 4.69) is 51.1 Å². The molecule has 1 aliphatic carbocycles. The molecule has 0 heterocycles. The molecule has 0 amide bonds. The van der Waals surface area contributed by atoms with Gasteiger partial charge in [0.15, 0.2) is 0 Å². The number of hydrogen-bond acceptors (Lipinski definition) is 0. The Balaban J connectivity index is 1.82. The lowest BCUT2D eigenvalue weighted by molar-refractivity contribution is 0.161. The molecule has 106 valence electrons. The fourth-order valence-corrected chi connectivity index (χ4v) is 5.14. The minimum Gasteiger partial charge on any atom is -0.117 e. The van der Waals surface area contributed by atoms with E-state index < -0.39 is 0 Å². The minimum absolute atomic E-state index is 0.874. The van der Waals surface area contributed by atoms with Gasteiger partial charge in [0.25, 0.3) is 0 Å². The van der Waals surface area contributed by atoms with Crippen molar-refractivity contribution < 1.29 is 0 Å². The quantitative estimate of drug-likeness (QED) is 0.616. The molecule has 1 saturated carbocycles. The van der Waals surface area contributed by atoms with E-state index >= 15 is 0 Å². The van der Waals surface area contributed by atoms with Crippen LogP contribution in [0.1, 0.15) is 45.6 Å². The van der Waals surface area contributed by atoms with Crippen LogP contribution in [0, 0.1) is 23.7 Å². The summed E-state index contributed by atoms with van der Waals surface area (Å²) < 4.78 is 0. The molecule has 0 aromatic heterocycles. The van der Waals surface area contributed by atoms with E-state index in [1.807, 2.05) is 0 Å². The van der Waals surface area contributed by atoms with Crippen LogP contribution in [-0.2, 0) is 6.16 Å². The van der Waals surface area contributed by atoms with E-state index in [4.69, 9.17) is 0 Å². The zero-order chi connectivity index (χ0) is 13.7. The van der Waals surface area contributed by atoms with Crippen LogP contribution in [-0.4, -0.2) is 6.16 Å². The van der Waals surface area contributed by atoms with Gasteiger partial charge in [-0.3, -0.25) is 0 Å². The van der Waals surface area contributed by atoms with Crippen LogP contribution >= 0.6 is 8.58 Å². The highest BCUT2D eigenvalue weighted by atomic mass is 31.1. The molecule has 0 radical (unpaired) electrons. The molecule has 2 rings (SSSR count). The zero-order valence-corrected chi connectivity index (χ0v) is 13.7. The Morgan fingerprint density at radius 1 is 1.16 bits per heavy atom. The fourth-order valence-electron chi connectivity index (χ4n) is 3.63. The topological polar surface area (TPSA) is 0 Å². The molecule has 0 bridgehead atoms. The normalized spacial score (nSPS) is 28.3. The smallest absolute Gasteiger partial charge is 0.0101 e. The molecule has 4 atom stereocenters. The Hall–Kier alpha value is -0.350. The van der Waals surface area contributed by atoms with Crippen LogP contribution < -0.4 is 0 Å². The monoisotopic (exact) mass is 276 g/mol. The SMILES string of the molecule is CC1CCC(C(C)C)C(CPCc2ccccc2)C1. The van der Waals surface area contributed by atoms with Crippen molar-refractivity contribution in [2.75, 3.05) is 6.16 Å². The second-order valence-corrected chi connectivity index (χ2v) is 7.96. The van der Waals surface area contributed by atoms with E-state index in [9.17, 15) is 0 Å². The third kappa shape index (κ3) is 4.60. The maximum Gasteiger partial charge on any atom is -0.0101 e. The molecular weight excluding hydrogens is 247 g/mol. The largest absolute Gasteiger partial charge is 0.117 e. The van der Waals surface area contributed by atoms with Gasteiger partial charge in [-0.25, -0.2) is 0 Å². The molecule has 0 spiro atoms. The summed E-state index contributed by atoms with van der Waals surface area (Å²) >= 11 is 0. The standard InChI is InChI=1S/C18H29P/c1-14(2)18-10-9-15(3)11-17(18)13-19-12-16-7-5-4-6-8-16/h4-8,14-15,17-19H,9-13H2,1-3H3. The van der Waals surface area contributed by atoms with Crippen LogP contribution in [0.4, 0.5) is 0 Å². The van der Waals surface area contributed by atoms with E-state index in [0.717, 1.165) is 32.3 Å². The summed E-state index contributed by atoms with van der Waals surface area (Å²) in [4.78, 5) is 0. The van der Waals surface area contributed by atoms with Crippen molar-refractivity contribution in [3.05, 3.63) is 35.9 Å². The molecule has 0 nitrogen and oxygen atoms in total. The van der Waals surface area contributed by atoms with Gasteiger partial charge >= 0.3 is 0 Å². The van der Waals surface area contributed by atoms with Crippen LogP contribution in [0.5, 0.6) is 0 Å². The van der Waals surface area contributed by atoms with Crippen molar-refractivity contribution in [1.29, 1.82) is 0 Å². The van der Waals surface area contributed by atoms with Crippen LogP contribution in [0.3, 0.4) is 0 Å². The van der Waals surface area contributed by atoms with Gasteiger partial charge in [0.05, 0.1) is 0 Å². The van der Waals surface area contributed by atoms with Crippen LogP contribution in [0.25, 0.3) is 0 Å². The lowest BCUT2D eigenvalue weighted by Gasteiger charge is -2.37. The Morgan fingerprint density at radius 3 is 2.58 bits per heavy atom. The first-order valence-electron chi connectivity index (χ1n) is 7.91. The highest BCUT2D eigenvalue weighted by Gasteiger charge is 2.29. The molecule has 1 aliphatic rings. The predicted molar refractivity (Wildman–Crippen MR) is 88.2 cm³/mol. The van der Waals surface area contributed by atoms with Crippen LogP contribution in [0.15, 0.2) is 30.3 Å². The van der Waals surface area contributed by atoms with Gasteiger partial charge in [-0.05, 0) is 54.4 Å².